The fourth-order valence-electron chi connectivity index (χ4n) is 2.73. The van der Waals surface area contributed by atoms with Gasteiger partial charge in [-0.05, 0) is 35.7 Å². The highest BCUT2D eigenvalue weighted by Crippen LogP contribution is 2.25. The highest BCUT2D eigenvalue weighted by atomic mass is 16.5. The van der Waals surface area contributed by atoms with Crippen LogP contribution in [0.1, 0.15) is 37.6 Å². The SMILES string of the molecule is COc1cccc(-c2cnc(CCC(=O)Nc3ccc(C(C)C)cc3)o2)c1. The van der Waals surface area contributed by atoms with E-state index in [4.69, 9.17) is 9.15 Å². The molecule has 0 saturated carbocycles. The summed E-state index contributed by atoms with van der Waals surface area (Å²) in [5.41, 5.74) is 2.94. The van der Waals surface area contributed by atoms with Crippen LogP contribution in [0.5, 0.6) is 5.75 Å². The Labute approximate surface area is 159 Å². The lowest BCUT2D eigenvalue weighted by atomic mass is 10.0. The molecule has 0 spiro atoms. The predicted octanol–water partition coefficient (Wildman–Crippen LogP) is 5.04. The molecule has 1 heterocycles. The van der Waals surface area contributed by atoms with E-state index in [1.807, 2.05) is 48.5 Å². The van der Waals surface area contributed by atoms with Crippen LogP contribution in [0.3, 0.4) is 0 Å². The normalized spacial score (nSPS) is 10.8. The third-order valence-corrected chi connectivity index (χ3v) is 4.33. The van der Waals surface area contributed by atoms with Crippen molar-refractivity contribution in [3.05, 3.63) is 66.2 Å². The maximum atomic E-state index is 12.2. The second kappa shape index (κ2) is 8.54. The van der Waals surface area contributed by atoms with Gasteiger partial charge in [-0.15, -0.1) is 0 Å². The van der Waals surface area contributed by atoms with E-state index in [-0.39, 0.29) is 5.91 Å². The van der Waals surface area contributed by atoms with Crippen molar-refractivity contribution >= 4 is 11.6 Å². The number of amides is 1. The lowest BCUT2D eigenvalue weighted by molar-refractivity contribution is -0.116. The summed E-state index contributed by atoms with van der Waals surface area (Å²) in [4.78, 5) is 16.4. The summed E-state index contributed by atoms with van der Waals surface area (Å²) in [5, 5.41) is 2.91. The number of anilines is 1. The van der Waals surface area contributed by atoms with Gasteiger partial charge in [0, 0.05) is 24.1 Å². The van der Waals surface area contributed by atoms with E-state index in [9.17, 15) is 4.79 Å². The Kier molecular flexibility index (Phi) is 5.91. The quantitative estimate of drug-likeness (QED) is 0.637. The molecule has 3 aromatic rings. The van der Waals surface area contributed by atoms with Gasteiger partial charge < -0.3 is 14.5 Å². The zero-order valence-corrected chi connectivity index (χ0v) is 15.9. The van der Waals surface area contributed by atoms with Crippen molar-refractivity contribution in [3.8, 4) is 17.1 Å². The van der Waals surface area contributed by atoms with E-state index in [1.54, 1.807) is 13.3 Å². The summed E-state index contributed by atoms with van der Waals surface area (Å²) < 4.78 is 11.0. The summed E-state index contributed by atoms with van der Waals surface area (Å²) in [6.07, 6.45) is 2.43. The predicted molar refractivity (Wildman–Crippen MR) is 106 cm³/mol. The Morgan fingerprint density at radius 2 is 1.96 bits per heavy atom. The van der Waals surface area contributed by atoms with Crippen LogP contribution in [0.4, 0.5) is 5.69 Å². The number of carbonyl (C=O) groups is 1. The molecule has 3 rings (SSSR count). The van der Waals surface area contributed by atoms with Crippen LogP contribution in [0.15, 0.2) is 59.1 Å². The van der Waals surface area contributed by atoms with E-state index in [2.05, 4.69) is 24.1 Å². The number of nitrogens with one attached hydrogen (secondary N) is 1. The first-order valence-electron chi connectivity index (χ1n) is 9.04. The molecule has 0 unspecified atom stereocenters. The van der Waals surface area contributed by atoms with E-state index < -0.39 is 0 Å². The molecule has 1 aromatic heterocycles. The van der Waals surface area contributed by atoms with Crippen molar-refractivity contribution in [2.75, 3.05) is 12.4 Å². The average molecular weight is 364 g/mol. The zero-order valence-electron chi connectivity index (χ0n) is 15.9. The standard InChI is InChI=1S/C22H24N2O3/c1-15(2)16-7-9-18(10-8-16)24-21(25)11-12-22-23-14-20(27-22)17-5-4-6-19(13-17)26-3/h4-10,13-15H,11-12H2,1-3H3,(H,24,25). The van der Waals surface area contributed by atoms with Crippen LogP contribution in [0.25, 0.3) is 11.3 Å². The third-order valence-electron chi connectivity index (χ3n) is 4.33. The monoisotopic (exact) mass is 364 g/mol. The summed E-state index contributed by atoms with van der Waals surface area (Å²) in [6, 6.07) is 15.5. The number of hydrogen-bond donors (Lipinski definition) is 1. The maximum Gasteiger partial charge on any atom is 0.224 e. The lowest BCUT2D eigenvalue weighted by Gasteiger charge is -2.08. The Morgan fingerprint density at radius 3 is 2.67 bits per heavy atom. The van der Waals surface area contributed by atoms with Crippen LogP contribution >= 0.6 is 0 Å². The highest BCUT2D eigenvalue weighted by Gasteiger charge is 2.10. The van der Waals surface area contributed by atoms with Gasteiger partial charge in [0.15, 0.2) is 11.7 Å². The number of carbonyl (C=O) groups excluding carboxylic acids is 1. The minimum absolute atomic E-state index is 0.0616. The number of aromatic nitrogens is 1. The smallest absolute Gasteiger partial charge is 0.224 e. The number of oxazole rings is 1. The maximum absolute atomic E-state index is 12.2. The number of hydrogen-bond acceptors (Lipinski definition) is 4. The van der Waals surface area contributed by atoms with Crippen molar-refractivity contribution in [1.82, 2.24) is 4.98 Å². The molecule has 0 aliphatic carbocycles. The van der Waals surface area contributed by atoms with Crippen molar-refractivity contribution < 1.29 is 13.9 Å². The van der Waals surface area contributed by atoms with Crippen LogP contribution in [-0.2, 0) is 11.2 Å². The number of nitrogens with zero attached hydrogens (tertiary/aromatic N) is 1. The molecule has 0 aliphatic rings. The first-order chi connectivity index (χ1) is 13.0. The molecular weight excluding hydrogens is 340 g/mol. The molecule has 27 heavy (non-hydrogen) atoms. The number of ether oxygens (including phenoxy) is 1. The Bertz CT molecular complexity index is 898. The molecule has 1 N–H and O–H groups in total. The molecule has 5 heteroatoms. The van der Waals surface area contributed by atoms with Crippen LogP contribution in [0, 0.1) is 0 Å². The molecular formula is C22H24N2O3. The van der Waals surface area contributed by atoms with Gasteiger partial charge in [-0.3, -0.25) is 4.79 Å². The first kappa shape index (κ1) is 18.7. The summed E-state index contributed by atoms with van der Waals surface area (Å²) in [5.74, 6) is 2.37. The van der Waals surface area contributed by atoms with Gasteiger partial charge >= 0.3 is 0 Å². The summed E-state index contributed by atoms with van der Waals surface area (Å²) >= 11 is 0. The minimum atomic E-state index is -0.0616. The van der Waals surface area contributed by atoms with E-state index >= 15 is 0 Å². The van der Waals surface area contributed by atoms with E-state index in [0.717, 1.165) is 17.0 Å². The van der Waals surface area contributed by atoms with Gasteiger partial charge in [0.2, 0.25) is 5.91 Å². The topological polar surface area (TPSA) is 64.4 Å². The van der Waals surface area contributed by atoms with Gasteiger partial charge in [-0.2, -0.15) is 0 Å². The average Bonchev–Trinajstić information content (AvgIpc) is 3.16. The minimum Gasteiger partial charge on any atom is -0.497 e. The van der Waals surface area contributed by atoms with Crippen molar-refractivity contribution in [3.63, 3.8) is 0 Å². The molecule has 0 bridgehead atoms. The number of aryl methyl sites for hydroxylation is 1. The van der Waals surface area contributed by atoms with Crippen molar-refractivity contribution in [1.29, 1.82) is 0 Å². The molecule has 0 aliphatic heterocycles. The van der Waals surface area contributed by atoms with Gasteiger partial charge in [0.1, 0.15) is 5.75 Å². The second-order valence-electron chi connectivity index (χ2n) is 6.68. The molecule has 0 fully saturated rings. The third kappa shape index (κ3) is 4.97. The molecule has 0 atom stereocenters. The largest absolute Gasteiger partial charge is 0.497 e. The van der Waals surface area contributed by atoms with E-state index in [1.165, 1.54) is 5.56 Å². The zero-order chi connectivity index (χ0) is 19.2. The Morgan fingerprint density at radius 1 is 1.19 bits per heavy atom. The van der Waals surface area contributed by atoms with Gasteiger partial charge in [0.05, 0.1) is 13.3 Å². The van der Waals surface area contributed by atoms with Crippen molar-refractivity contribution in [2.24, 2.45) is 0 Å². The molecule has 140 valence electrons. The molecule has 2 aromatic carbocycles. The van der Waals surface area contributed by atoms with Crippen molar-refractivity contribution in [2.45, 2.75) is 32.6 Å². The van der Waals surface area contributed by atoms with E-state index in [0.29, 0.717) is 30.4 Å². The number of benzene rings is 2. The fourth-order valence-corrected chi connectivity index (χ4v) is 2.73. The van der Waals surface area contributed by atoms with Gasteiger partial charge in [-0.25, -0.2) is 4.98 Å². The van der Waals surface area contributed by atoms with Crippen LogP contribution in [0.2, 0.25) is 0 Å². The Balaban J connectivity index is 1.55. The molecule has 1 amide bonds. The molecule has 5 nitrogen and oxygen atoms in total. The van der Waals surface area contributed by atoms with Crippen LogP contribution < -0.4 is 10.1 Å². The molecule has 0 radical (unpaired) electrons. The first-order valence-corrected chi connectivity index (χ1v) is 9.04. The summed E-state index contributed by atoms with van der Waals surface area (Å²) in [7, 11) is 1.62. The highest BCUT2D eigenvalue weighted by molar-refractivity contribution is 5.90. The number of rotatable bonds is 7. The fraction of sp³-hybridized carbons (Fsp3) is 0.273. The van der Waals surface area contributed by atoms with Crippen LogP contribution in [-0.4, -0.2) is 18.0 Å². The second-order valence-corrected chi connectivity index (χ2v) is 6.68. The number of methoxy groups -OCH3 is 1. The Hall–Kier alpha value is -3.08. The van der Waals surface area contributed by atoms with Gasteiger partial charge in [0.25, 0.3) is 0 Å². The van der Waals surface area contributed by atoms with Gasteiger partial charge in [-0.1, -0.05) is 38.1 Å². The lowest BCUT2D eigenvalue weighted by Crippen LogP contribution is -2.12. The summed E-state index contributed by atoms with van der Waals surface area (Å²) in [6.45, 7) is 4.29. The molecule has 0 saturated heterocycles.